The van der Waals surface area contributed by atoms with Gasteiger partial charge < -0.3 is 14.5 Å². The quantitative estimate of drug-likeness (QED) is 0.748. The van der Waals surface area contributed by atoms with Gasteiger partial charge in [-0.05, 0) is 26.2 Å². The number of carbonyl (C=O) groups is 2. The van der Waals surface area contributed by atoms with Crippen LogP contribution in [0.1, 0.15) is 39.5 Å². The molecule has 3 unspecified atom stereocenters. The van der Waals surface area contributed by atoms with Crippen LogP contribution in [0.3, 0.4) is 0 Å². The van der Waals surface area contributed by atoms with Crippen LogP contribution < -0.4 is 0 Å². The second-order valence-corrected chi connectivity index (χ2v) is 5.51. The van der Waals surface area contributed by atoms with Gasteiger partial charge in [-0.1, -0.05) is 13.3 Å². The second kappa shape index (κ2) is 5.90. The minimum atomic E-state index is -0.353. The molecule has 5 heteroatoms. The third-order valence-corrected chi connectivity index (χ3v) is 4.22. The minimum Gasteiger partial charge on any atom is -0.383 e. The normalized spacial score (nSPS) is 28.8. The van der Waals surface area contributed by atoms with Crippen molar-refractivity contribution in [1.82, 2.24) is 9.80 Å². The molecule has 5 nitrogen and oxygen atoms in total. The van der Waals surface area contributed by atoms with Gasteiger partial charge in [-0.25, -0.2) is 0 Å². The van der Waals surface area contributed by atoms with Crippen molar-refractivity contribution in [2.45, 2.75) is 57.7 Å². The summed E-state index contributed by atoms with van der Waals surface area (Å²) in [5.74, 6) is 0.208. The van der Waals surface area contributed by atoms with Gasteiger partial charge in [-0.2, -0.15) is 0 Å². The van der Waals surface area contributed by atoms with E-state index < -0.39 is 0 Å². The molecule has 19 heavy (non-hydrogen) atoms. The van der Waals surface area contributed by atoms with Crippen LogP contribution in [0, 0.1) is 0 Å². The number of carbonyl (C=O) groups excluding carboxylic acids is 2. The summed E-state index contributed by atoms with van der Waals surface area (Å²) in [6, 6.07) is -0.558. The first kappa shape index (κ1) is 14.3. The molecule has 0 saturated carbocycles. The lowest BCUT2D eigenvalue weighted by atomic mass is 10.0. The van der Waals surface area contributed by atoms with Crippen LogP contribution in [0.25, 0.3) is 0 Å². The second-order valence-electron chi connectivity index (χ2n) is 5.51. The van der Waals surface area contributed by atoms with E-state index in [1.54, 1.807) is 16.9 Å². The molecule has 3 atom stereocenters. The molecule has 2 rings (SSSR count). The summed E-state index contributed by atoms with van der Waals surface area (Å²) in [6.45, 7) is 5.17. The standard InChI is InChI=1S/C14H24N2O3/c1-4-6-11(9-19-3)16-10(2)13(17)15-8-5-7-12(15)14(16)18/h10-12H,4-9H2,1-3H3. The van der Waals surface area contributed by atoms with Crippen LogP contribution in [-0.2, 0) is 14.3 Å². The fraction of sp³-hybridized carbons (Fsp3) is 0.857. The third-order valence-electron chi connectivity index (χ3n) is 4.22. The summed E-state index contributed by atoms with van der Waals surface area (Å²) in [4.78, 5) is 28.5. The van der Waals surface area contributed by atoms with E-state index >= 15 is 0 Å². The molecule has 0 bridgehead atoms. The summed E-state index contributed by atoms with van der Waals surface area (Å²) in [7, 11) is 1.64. The number of ether oxygens (including phenoxy) is 1. The van der Waals surface area contributed by atoms with Crippen molar-refractivity contribution in [1.29, 1.82) is 0 Å². The average molecular weight is 268 g/mol. The van der Waals surface area contributed by atoms with E-state index in [1.807, 2.05) is 6.92 Å². The van der Waals surface area contributed by atoms with E-state index in [9.17, 15) is 9.59 Å². The third kappa shape index (κ3) is 2.48. The average Bonchev–Trinajstić information content (AvgIpc) is 2.86. The maximum absolute atomic E-state index is 12.6. The van der Waals surface area contributed by atoms with Crippen molar-refractivity contribution in [3.63, 3.8) is 0 Å². The largest absolute Gasteiger partial charge is 0.383 e. The molecule has 0 aromatic carbocycles. The summed E-state index contributed by atoms with van der Waals surface area (Å²) >= 11 is 0. The Morgan fingerprint density at radius 1 is 1.37 bits per heavy atom. The van der Waals surface area contributed by atoms with E-state index in [0.717, 1.165) is 32.2 Å². The summed E-state index contributed by atoms with van der Waals surface area (Å²) < 4.78 is 5.23. The molecular formula is C14H24N2O3. The number of methoxy groups -OCH3 is 1. The highest BCUT2D eigenvalue weighted by Crippen LogP contribution is 2.29. The fourth-order valence-corrected chi connectivity index (χ4v) is 3.33. The number of nitrogens with zero attached hydrogens (tertiary/aromatic N) is 2. The predicted octanol–water partition coefficient (Wildman–Crippen LogP) is 1.02. The summed E-state index contributed by atoms with van der Waals surface area (Å²) in [5.41, 5.74) is 0. The molecule has 2 aliphatic rings. The highest BCUT2D eigenvalue weighted by molar-refractivity contribution is 5.97. The van der Waals surface area contributed by atoms with Crippen molar-refractivity contribution >= 4 is 11.8 Å². The number of piperazine rings is 1. The SMILES string of the molecule is CCCC(COC)N1C(=O)C2CCCN2C(=O)C1C. The Balaban J connectivity index is 2.22. The molecule has 108 valence electrons. The molecule has 2 heterocycles. The molecule has 2 amide bonds. The predicted molar refractivity (Wildman–Crippen MR) is 71.6 cm³/mol. The molecular weight excluding hydrogens is 244 g/mol. The maximum atomic E-state index is 12.6. The lowest BCUT2D eigenvalue weighted by molar-refractivity contribution is -0.162. The van der Waals surface area contributed by atoms with Crippen molar-refractivity contribution in [3.8, 4) is 0 Å². The number of rotatable bonds is 5. The molecule has 0 N–H and O–H groups in total. The van der Waals surface area contributed by atoms with Gasteiger partial charge in [-0.3, -0.25) is 9.59 Å². The zero-order valence-corrected chi connectivity index (χ0v) is 12.1. The molecule has 2 aliphatic heterocycles. The van der Waals surface area contributed by atoms with Gasteiger partial charge >= 0.3 is 0 Å². The maximum Gasteiger partial charge on any atom is 0.246 e. The Labute approximate surface area is 114 Å². The fourth-order valence-electron chi connectivity index (χ4n) is 3.33. The van der Waals surface area contributed by atoms with Gasteiger partial charge in [0.15, 0.2) is 0 Å². The molecule has 2 fully saturated rings. The Bertz CT molecular complexity index is 353. The van der Waals surface area contributed by atoms with Crippen LogP contribution in [0.5, 0.6) is 0 Å². The molecule has 0 aromatic rings. The first-order chi connectivity index (χ1) is 9.11. The van der Waals surface area contributed by atoms with E-state index in [2.05, 4.69) is 6.92 Å². The smallest absolute Gasteiger partial charge is 0.246 e. The Morgan fingerprint density at radius 3 is 2.74 bits per heavy atom. The van der Waals surface area contributed by atoms with Crippen LogP contribution in [0.15, 0.2) is 0 Å². The van der Waals surface area contributed by atoms with E-state index in [0.29, 0.717) is 6.61 Å². The molecule has 0 spiro atoms. The summed E-state index contributed by atoms with van der Waals surface area (Å²) in [6.07, 6.45) is 3.60. The number of fused-ring (bicyclic) bond motifs is 1. The van der Waals surface area contributed by atoms with Gasteiger partial charge in [-0.15, -0.1) is 0 Å². The number of hydrogen-bond donors (Lipinski definition) is 0. The topological polar surface area (TPSA) is 49.9 Å². The summed E-state index contributed by atoms with van der Waals surface area (Å²) in [5, 5.41) is 0. The van der Waals surface area contributed by atoms with Crippen LogP contribution >= 0.6 is 0 Å². The first-order valence-corrected chi connectivity index (χ1v) is 7.23. The Morgan fingerprint density at radius 2 is 2.11 bits per heavy atom. The van der Waals surface area contributed by atoms with Gasteiger partial charge in [0.1, 0.15) is 12.1 Å². The van der Waals surface area contributed by atoms with Crippen molar-refractivity contribution in [3.05, 3.63) is 0 Å². The highest BCUT2D eigenvalue weighted by Gasteiger charge is 2.47. The van der Waals surface area contributed by atoms with Crippen molar-refractivity contribution < 1.29 is 14.3 Å². The number of amides is 2. The van der Waals surface area contributed by atoms with Gasteiger partial charge in [0.25, 0.3) is 0 Å². The van der Waals surface area contributed by atoms with Crippen molar-refractivity contribution in [2.75, 3.05) is 20.3 Å². The van der Waals surface area contributed by atoms with E-state index in [4.69, 9.17) is 4.74 Å². The molecule has 0 radical (unpaired) electrons. The van der Waals surface area contributed by atoms with Crippen LogP contribution in [-0.4, -0.2) is 60.0 Å². The van der Waals surface area contributed by atoms with E-state index in [1.165, 1.54) is 0 Å². The molecule has 0 aromatic heterocycles. The Kier molecular flexibility index (Phi) is 4.45. The molecule has 2 saturated heterocycles. The van der Waals surface area contributed by atoms with E-state index in [-0.39, 0.29) is 29.9 Å². The molecule has 0 aliphatic carbocycles. The Hall–Kier alpha value is -1.10. The highest BCUT2D eigenvalue weighted by atomic mass is 16.5. The minimum absolute atomic E-state index is 0.0178. The van der Waals surface area contributed by atoms with Crippen LogP contribution in [0.4, 0.5) is 0 Å². The van der Waals surface area contributed by atoms with Gasteiger partial charge in [0.2, 0.25) is 11.8 Å². The van der Waals surface area contributed by atoms with Crippen LogP contribution in [0.2, 0.25) is 0 Å². The first-order valence-electron chi connectivity index (χ1n) is 7.23. The lowest BCUT2D eigenvalue weighted by Gasteiger charge is -2.44. The zero-order chi connectivity index (χ0) is 14.0. The van der Waals surface area contributed by atoms with Gasteiger partial charge in [0.05, 0.1) is 12.6 Å². The van der Waals surface area contributed by atoms with Crippen molar-refractivity contribution in [2.24, 2.45) is 0 Å². The number of hydrogen-bond acceptors (Lipinski definition) is 3. The monoisotopic (exact) mass is 268 g/mol. The lowest BCUT2D eigenvalue weighted by Crippen LogP contribution is -2.64. The van der Waals surface area contributed by atoms with Gasteiger partial charge in [0, 0.05) is 13.7 Å². The zero-order valence-electron chi connectivity index (χ0n) is 12.1.